The third-order valence-electron chi connectivity index (χ3n) is 5.59. The van der Waals surface area contributed by atoms with E-state index in [4.69, 9.17) is 14.6 Å². The number of ether oxygens (including phenoxy) is 2. The molecule has 8 heteroatoms. The summed E-state index contributed by atoms with van der Waals surface area (Å²) in [5, 5.41) is 16.8. The molecule has 4 aromatic rings. The summed E-state index contributed by atoms with van der Waals surface area (Å²) in [5.41, 5.74) is 3.25. The summed E-state index contributed by atoms with van der Waals surface area (Å²) >= 11 is 1.77. The predicted molar refractivity (Wildman–Crippen MR) is 131 cm³/mol. The number of hydrogen-bond acceptors (Lipinski definition) is 8. The molecule has 3 heterocycles. The molecular formula is C25H26N4O3S. The highest BCUT2D eigenvalue weighted by molar-refractivity contribution is 7.15. The summed E-state index contributed by atoms with van der Waals surface area (Å²) in [6.07, 6.45) is 1.57. The van der Waals surface area contributed by atoms with Crippen molar-refractivity contribution in [2.45, 2.75) is 19.5 Å². The van der Waals surface area contributed by atoms with Crippen molar-refractivity contribution in [3.05, 3.63) is 65.3 Å². The van der Waals surface area contributed by atoms with Gasteiger partial charge in [-0.15, -0.1) is 11.3 Å². The van der Waals surface area contributed by atoms with Crippen LogP contribution in [0.25, 0.3) is 21.3 Å². The van der Waals surface area contributed by atoms with E-state index in [1.165, 1.54) is 20.9 Å². The molecule has 0 saturated carbocycles. The van der Waals surface area contributed by atoms with Crippen LogP contribution < -0.4 is 20.1 Å². The molecular weight excluding hydrogens is 436 g/mol. The number of hydrogen-bond donors (Lipinski definition) is 3. The van der Waals surface area contributed by atoms with Gasteiger partial charge in [-0.2, -0.15) is 0 Å². The van der Waals surface area contributed by atoms with Crippen molar-refractivity contribution >= 4 is 28.1 Å². The van der Waals surface area contributed by atoms with Gasteiger partial charge in [0.05, 0.1) is 18.2 Å². The number of aromatic nitrogens is 2. The number of nitrogens with one attached hydrogen (secondary N) is 2. The Labute approximate surface area is 196 Å². The van der Waals surface area contributed by atoms with Crippen LogP contribution >= 0.6 is 11.3 Å². The van der Waals surface area contributed by atoms with Crippen molar-refractivity contribution < 1.29 is 14.6 Å². The van der Waals surface area contributed by atoms with E-state index in [1.54, 1.807) is 17.7 Å². The minimum atomic E-state index is 0.0646. The van der Waals surface area contributed by atoms with E-state index in [1.807, 2.05) is 18.2 Å². The third kappa shape index (κ3) is 4.64. The first kappa shape index (κ1) is 21.6. The quantitative estimate of drug-likeness (QED) is 0.335. The number of benzene rings is 2. The number of anilines is 1. The minimum Gasteiger partial charge on any atom is -0.486 e. The summed E-state index contributed by atoms with van der Waals surface area (Å²) < 4.78 is 11.4. The average molecular weight is 463 g/mol. The molecule has 0 aliphatic carbocycles. The monoisotopic (exact) mass is 462 g/mol. The Morgan fingerprint density at radius 2 is 1.88 bits per heavy atom. The van der Waals surface area contributed by atoms with Gasteiger partial charge in [0.15, 0.2) is 11.5 Å². The molecule has 1 aliphatic rings. The fourth-order valence-corrected chi connectivity index (χ4v) is 5.00. The molecule has 2 aromatic heterocycles. The normalized spacial score (nSPS) is 13.8. The SMILES string of the molecule is CC(Nc1ncnc2cc3c(cc12)OCCO3)c1ccc(-c2ccccc2CNCCO)s1. The smallest absolute Gasteiger partial charge is 0.163 e. The molecule has 33 heavy (non-hydrogen) atoms. The number of aliphatic hydroxyl groups is 1. The van der Waals surface area contributed by atoms with Gasteiger partial charge in [-0.1, -0.05) is 24.3 Å². The summed E-state index contributed by atoms with van der Waals surface area (Å²) in [5.74, 6) is 2.22. The third-order valence-corrected chi connectivity index (χ3v) is 6.89. The van der Waals surface area contributed by atoms with Gasteiger partial charge in [0.2, 0.25) is 0 Å². The van der Waals surface area contributed by atoms with Crippen molar-refractivity contribution in [3.63, 3.8) is 0 Å². The minimum absolute atomic E-state index is 0.0646. The highest BCUT2D eigenvalue weighted by Crippen LogP contribution is 2.38. The number of aliphatic hydroxyl groups excluding tert-OH is 1. The fourth-order valence-electron chi connectivity index (χ4n) is 3.93. The van der Waals surface area contributed by atoms with Crippen molar-refractivity contribution in [2.75, 3.05) is 31.7 Å². The van der Waals surface area contributed by atoms with E-state index in [0.29, 0.717) is 19.8 Å². The van der Waals surface area contributed by atoms with E-state index < -0.39 is 0 Å². The van der Waals surface area contributed by atoms with Crippen molar-refractivity contribution in [2.24, 2.45) is 0 Å². The molecule has 0 fully saturated rings. The average Bonchev–Trinajstić information content (AvgIpc) is 3.34. The van der Waals surface area contributed by atoms with Gasteiger partial charge in [0.1, 0.15) is 25.4 Å². The van der Waals surface area contributed by atoms with Crippen molar-refractivity contribution in [1.29, 1.82) is 0 Å². The van der Waals surface area contributed by atoms with Gasteiger partial charge in [-0.05, 0) is 36.2 Å². The molecule has 3 N–H and O–H groups in total. The lowest BCUT2D eigenvalue weighted by Gasteiger charge is -2.20. The summed E-state index contributed by atoms with van der Waals surface area (Å²) in [4.78, 5) is 11.3. The number of thiophene rings is 1. The Morgan fingerprint density at radius 3 is 2.73 bits per heavy atom. The highest BCUT2D eigenvalue weighted by Gasteiger charge is 2.17. The topological polar surface area (TPSA) is 88.5 Å². The second-order valence-corrected chi connectivity index (χ2v) is 8.98. The molecule has 0 spiro atoms. The number of rotatable bonds is 8. The Balaban J connectivity index is 1.38. The van der Waals surface area contributed by atoms with E-state index in [2.05, 4.69) is 57.9 Å². The molecule has 7 nitrogen and oxygen atoms in total. The zero-order valence-electron chi connectivity index (χ0n) is 18.4. The predicted octanol–water partition coefficient (Wildman–Crippen LogP) is 4.38. The molecule has 1 atom stereocenters. The van der Waals surface area contributed by atoms with Gasteiger partial charge in [-0.3, -0.25) is 0 Å². The van der Waals surface area contributed by atoms with Gasteiger partial charge in [-0.25, -0.2) is 9.97 Å². The lowest BCUT2D eigenvalue weighted by atomic mass is 10.1. The Hall–Kier alpha value is -3.20. The number of fused-ring (bicyclic) bond motifs is 2. The first-order valence-corrected chi connectivity index (χ1v) is 11.8. The summed E-state index contributed by atoms with van der Waals surface area (Å²) in [7, 11) is 0. The zero-order valence-corrected chi connectivity index (χ0v) is 19.2. The van der Waals surface area contributed by atoms with Gasteiger partial charge < -0.3 is 25.2 Å². The van der Waals surface area contributed by atoms with Crippen LogP contribution in [0.3, 0.4) is 0 Å². The lowest BCUT2D eigenvalue weighted by Crippen LogP contribution is -2.17. The first-order chi connectivity index (χ1) is 16.2. The fraction of sp³-hybridized carbons (Fsp3) is 0.280. The standard InChI is InChI=1S/C25H26N4O3S/c1-16(23-6-7-24(33-23)18-5-3-2-4-17(18)14-26-8-9-30)29-25-19-12-21-22(32-11-10-31-21)13-20(19)27-15-28-25/h2-7,12-13,15-16,26,30H,8-11,14H2,1H3,(H,27,28,29). The van der Waals surface area contributed by atoms with Crippen LogP contribution in [0.4, 0.5) is 5.82 Å². The molecule has 0 radical (unpaired) electrons. The molecule has 1 aliphatic heterocycles. The molecule has 1 unspecified atom stereocenters. The largest absolute Gasteiger partial charge is 0.486 e. The summed E-state index contributed by atoms with van der Waals surface area (Å²) in [6, 6.07) is 16.6. The second kappa shape index (κ2) is 9.74. The van der Waals surface area contributed by atoms with Gasteiger partial charge in [0.25, 0.3) is 0 Å². The Kier molecular flexibility index (Phi) is 6.39. The van der Waals surface area contributed by atoms with Gasteiger partial charge >= 0.3 is 0 Å². The molecule has 2 aromatic carbocycles. The maximum Gasteiger partial charge on any atom is 0.163 e. The van der Waals surface area contributed by atoms with Crippen LogP contribution in [0.2, 0.25) is 0 Å². The van der Waals surface area contributed by atoms with Crippen LogP contribution in [0.1, 0.15) is 23.4 Å². The van der Waals surface area contributed by atoms with Crippen LogP contribution in [-0.2, 0) is 6.54 Å². The Morgan fingerprint density at radius 1 is 1.06 bits per heavy atom. The van der Waals surface area contributed by atoms with Crippen molar-refractivity contribution in [1.82, 2.24) is 15.3 Å². The van der Waals surface area contributed by atoms with Crippen LogP contribution in [0.5, 0.6) is 11.5 Å². The van der Waals surface area contributed by atoms with E-state index >= 15 is 0 Å². The zero-order chi connectivity index (χ0) is 22.6. The van der Waals surface area contributed by atoms with Gasteiger partial charge in [0, 0.05) is 34.3 Å². The lowest BCUT2D eigenvalue weighted by molar-refractivity contribution is 0.172. The van der Waals surface area contributed by atoms with Crippen LogP contribution in [-0.4, -0.2) is 41.4 Å². The maximum absolute atomic E-state index is 9.05. The van der Waals surface area contributed by atoms with Crippen LogP contribution in [0.15, 0.2) is 54.9 Å². The summed E-state index contributed by atoms with van der Waals surface area (Å²) in [6.45, 7) is 4.66. The maximum atomic E-state index is 9.05. The molecule has 0 amide bonds. The van der Waals surface area contributed by atoms with Crippen LogP contribution in [0, 0.1) is 0 Å². The molecule has 0 bridgehead atoms. The highest BCUT2D eigenvalue weighted by atomic mass is 32.1. The van der Waals surface area contributed by atoms with E-state index in [-0.39, 0.29) is 12.6 Å². The van der Waals surface area contributed by atoms with E-state index in [9.17, 15) is 0 Å². The molecule has 170 valence electrons. The van der Waals surface area contributed by atoms with Crippen molar-refractivity contribution in [3.8, 4) is 21.9 Å². The molecule has 5 rings (SSSR count). The number of nitrogens with zero attached hydrogens (tertiary/aromatic N) is 2. The Bertz CT molecular complexity index is 1260. The first-order valence-electron chi connectivity index (χ1n) is 11.0. The van der Waals surface area contributed by atoms with E-state index in [0.717, 1.165) is 34.8 Å². The molecule has 0 saturated heterocycles. The second-order valence-electron chi connectivity index (χ2n) is 7.86.